The summed E-state index contributed by atoms with van der Waals surface area (Å²) in [4.78, 5) is 0. The molecule has 0 spiro atoms. The van der Waals surface area contributed by atoms with Crippen LogP contribution >= 0.6 is 0 Å². The zero-order chi connectivity index (χ0) is 9.26. The highest BCUT2D eigenvalue weighted by Gasteiger charge is 2.21. The van der Waals surface area contributed by atoms with Crippen molar-refractivity contribution in [2.45, 2.75) is 25.7 Å². The molecule has 0 amide bonds. The summed E-state index contributed by atoms with van der Waals surface area (Å²) >= 11 is 0. The number of aromatic nitrogens is 3. The number of hydrogen-bond acceptors (Lipinski definition) is 3. The van der Waals surface area contributed by atoms with E-state index in [1.54, 1.807) is 0 Å². The van der Waals surface area contributed by atoms with Gasteiger partial charge in [-0.3, -0.25) is 4.68 Å². The first-order valence-electron chi connectivity index (χ1n) is 4.88. The standard InChI is InChI=1S/C9H16N4/c1-13-9-3-2-7(4-5-10)6-8(9)11-12-13/h7H,2-6,10H2,1H3. The molecule has 4 heteroatoms. The molecular weight excluding hydrogens is 164 g/mol. The monoisotopic (exact) mass is 180 g/mol. The van der Waals surface area contributed by atoms with Gasteiger partial charge in [-0.25, -0.2) is 0 Å². The molecule has 1 unspecified atom stereocenters. The SMILES string of the molecule is Cn1nnc2c1CCC(CCN)C2. The van der Waals surface area contributed by atoms with Gasteiger partial charge in [-0.1, -0.05) is 5.21 Å². The van der Waals surface area contributed by atoms with Crippen molar-refractivity contribution < 1.29 is 0 Å². The van der Waals surface area contributed by atoms with Gasteiger partial charge in [0.1, 0.15) is 0 Å². The second-order valence-electron chi connectivity index (χ2n) is 3.79. The second-order valence-corrected chi connectivity index (χ2v) is 3.79. The molecule has 0 saturated heterocycles. The minimum Gasteiger partial charge on any atom is -0.330 e. The average Bonchev–Trinajstić information content (AvgIpc) is 2.48. The number of nitrogens with zero attached hydrogens (tertiary/aromatic N) is 3. The second kappa shape index (κ2) is 3.46. The first-order chi connectivity index (χ1) is 6.31. The fraction of sp³-hybridized carbons (Fsp3) is 0.778. The molecule has 72 valence electrons. The van der Waals surface area contributed by atoms with Crippen molar-refractivity contribution in [2.24, 2.45) is 18.7 Å². The summed E-state index contributed by atoms with van der Waals surface area (Å²) < 4.78 is 1.90. The predicted octanol–water partition coefficient (Wildman–Crippen LogP) is 0.269. The van der Waals surface area contributed by atoms with Crippen LogP contribution in [0.4, 0.5) is 0 Å². The molecule has 13 heavy (non-hydrogen) atoms. The molecule has 1 aliphatic rings. The third-order valence-electron chi connectivity index (χ3n) is 2.87. The van der Waals surface area contributed by atoms with Gasteiger partial charge in [0.05, 0.1) is 11.4 Å². The molecular formula is C9H16N4. The van der Waals surface area contributed by atoms with Crippen molar-refractivity contribution in [3.05, 3.63) is 11.4 Å². The molecule has 0 saturated carbocycles. The van der Waals surface area contributed by atoms with Crippen LogP contribution in [0.5, 0.6) is 0 Å². The van der Waals surface area contributed by atoms with Gasteiger partial charge >= 0.3 is 0 Å². The zero-order valence-corrected chi connectivity index (χ0v) is 8.03. The van der Waals surface area contributed by atoms with Crippen LogP contribution in [0, 0.1) is 5.92 Å². The van der Waals surface area contributed by atoms with E-state index in [0.29, 0.717) is 0 Å². The lowest BCUT2D eigenvalue weighted by atomic mass is 9.87. The Morgan fingerprint density at radius 1 is 1.62 bits per heavy atom. The summed E-state index contributed by atoms with van der Waals surface area (Å²) in [6.07, 6.45) is 4.55. The first-order valence-corrected chi connectivity index (χ1v) is 4.88. The van der Waals surface area contributed by atoms with Crippen molar-refractivity contribution in [3.8, 4) is 0 Å². The van der Waals surface area contributed by atoms with E-state index in [0.717, 1.165) is 31.7 Å². The van der Waals surface area contributed by atoms with Crippen molar-refractivity contribution in [1.82, 2.24) is 15.0 Å². The van der Waals surface area contributed by atoms with Crippen LogP contribution in [0.3, 0.4) is 0 Å². The van der Waals surface area contributed by atoms with E-state index in [9.17, 15) is 0 Å². The van der Waals surface area contributed by atoms with Gasteiger partial charge in [0, 0.05) is 7.05 Å². The third-order valence-corrected chi connectivity index (χ3v) is 2.87. The smallest absolute Gasteiger partial charge is 0.0861 e. The molecule has 1 aromatic heterocycles. The summed E-state index contributed by atoms with van der Waals surface area (Å²) in [5.74, 6) is 0.731. The van der Waals surface area contributed by atoms with Crippen molar-refractivity contribution in [2.75, 3.05) is 6.54 Å². The van der Waals surface area contributed by atoms with Gasteiger partial charge < -0.3 is 5.73 Å². The lowest BCUT2D eigenvalue weighted by Crippen LogP contribution is -2.18. The summed E-state index contributed by atoms with van der Waals surface area (Å²) in [5, 5.41) is 8.19. The van der Waals surface area contributed by atoms with E-state index in [1.165, 1.54) is 17.8 Å². The third kappa shape index (κ3) is 1.58. The Kier molecular flexibility index (Phi) is 2.31. The van der Waals surface area contributed by atoms with Gasteiger partial charge in [0.2, 0.25) is 0 Å². The van der Waals surface area contributed by atoms with Crippen LogP contribution in [0.1, 0.15) is 24.2 Å². The Bertz CT molecular complexity index is 292. The Morgan fingerprint density at radius 2 is 2.46 bits per heavy atom. The lowest BCUT2D eigenvalue weighted by Gasteiger charge is -2.20. The maximum Gasteiger partial charge on any atom is 0.0861 e. The summed E-state index contributed by atoms with van der Waals surface area (Å²) in [6, 6.07) is 0. The number of hydrogen-bond donors (Lipinski definition) is 1. The van der Waals surface area contributed by atoms with Crippen LogP contribution in [0.15, 0.2) is 0 Å². The summed E-state index contributed by atoms with van der Waals surface area (Å²) in [5.41, 5.74) is 8.04. The van der Waals surface area contributed by atoms with Crippen molar-refractivity contribution in [3.63, 3.8) is 0 Å². The van der Waals surface area contributed by atoms with E-state index in [2.05, 4.69) is 10.3 Å². The number of aryl methyl sites for hydroxylation is 1. The minimum absolute atomic E-state index is 0.731. The maximum atomic E-state index is 5.54. The molecule has 1 aliphatic carbocycles. The largest absolute Gasteiger partial charge is 0.330 e. The highest BCUT2D eigenvalue weighted by Crippen LogP contribution is 2.24. The molecule has 0 bridgehead atoms. The molecule has 0 aromatic carbocycles. The van der Waals surface area contributed by atoms with Crippen LogP contribution < -0.4 is 5.73 Å². The fourth-order valence-corrected chi connectivity index (χ4v) is 2.08. The van der Waals surface area contributed by atoms with E-state index >= 15 is 0 Å². The maximum absolute atomic E-state index is 5.54. The van der Waals surface area contributed by atoms with Gasteiger partial charge in [-0.2, -0.15) is 0 Å². The quantitative estimate of drug-likeness (QED) is 0.710. The van der Waals surface area contributed by atoms with Crippen LogP contribution in [-0.4, -0.2) is 21.5 Å². The number of nitrogens with two attached hydrogens (primary N) is 1. The summed E-state index contributed by atoms with van der Waals surface area (Å²) in [6.45, 7) is 0.792. The average molecular weight is 180 g/mol. The van der Waals surface area contributed by atoms with Gasteiger partial charge in [0.15, 0.2) is 0 Å². The minimum atomic E-state index is 0.731. The highest BCUT2D eigenvalue weighted by molar-refractivity contribution is 5.14. The number of rotatable bonds is 2. The Hall–Kier alpha value is -0.900. The van der Waals surface area contributed by atoms with Crippen molar-refractivity contribution >= 4 is 0 Å². The van der Waals surface area contributed by atoms with Crippen LogP contribution in [0.2, 0.25) is 0 Å². The zero-order valence-electron chi connectivity index (χ0n) is 8.03. The van der Waals surface area contributed by atoms with Gasteiger partial charge in [-0.15, -0.1) is 5.10 Å². The molecule has 0 aliphatic heterocycles. The highest BCUT2D eigenvalue weighted by atomic mass is 15.4. The van der Waals surface area contributed by atoms with Crippen LogP contribution in [0.25, 0.3) is 0 Å². The molecule has 1 aromatic rings. The Labute approximate surface area is 78.1 Å². The van der Waals surface area contributed by atoms with E-state index in [4.69, 9.17) is 5.73 Å². The molecule has 0 fully saturated rings. The molecule has 4 nitrogen and oxygen atoms in total. The molecule has 1 heterocycles. The Morgan fingerprint density at radius 3 is 3.23 bits per heavy atom. The van der Waals surface area contributed by atoms with Crippen LogP contribution in [-0.2, 0) is 19.9 Å². The molecule has 2 N–H and O–H groups in total. The van der Waals surface area contributed by atoms with Gasteiger partial charge in [-0.05, 0) is 38.1 Å². The van der Waals surface area contributed by atoms with Gasteiger partial charge in [0.25, 0.3) is 0 Å². The molecule has 1 atom stereocenters. The fourth-order valence-electron chi connectivity index (χ4n) is 2.08. The van der Waals surface area contributed by atoms with E-state index in [-0.39, 0.29) is 0 Å². The van der Waals surface area contributed by atoms with E-state index < -0.39 is 0 Å². The predicted molar refractivity (Wildman–Crippen MR) is 50.2 cm³/mol. The Balaban J connectivity index is 2.11. The molecule has 0 radical (unpaired) electrons. The van der Waals surface area contributed by atoms with E-state index in [1.807, 2.05) is 11.7 Å². The lowest BCUT2D eigenvalue weighted by molar-refractivity contribution is 0.422. The molecule has 2 rings (SSSR count). The first kappa shape index (κ1) is 8.69. The normalized spacial score (nSPS) is 21.5. The van der Waals surface area contributed by atoms with Crippen molar-refractivity contribution in [1.29, 1.82) is 0 Å². The summed E-state index contributed by atoms with van der Waals surface area (Å²) in [7, 11) is 1.97. The topological polar surface area (TPSA) is 56.7 Å². The number of fused-ring (bicyclic) bond motifs is 1.